The molecule has 0 bridgehead atoms. The van der Waals surface area contributed by atoms with E-state index in [-0.39, 0.29) is 17.9 Å². The Balaban J connectivity index is 3.40. The maximum absolute atomic E-state index is 11.1. The maximum atomic E-state index is 11.1. The zero-order valence-electron chi connectivity index (χ0n) is 9.54. The molecule has 0 fully saturated rings. The minimum atomic E-state index is -0.320. The molecule has 1 unspecified atom stereocenters. The molecule has 15 heavy (non-hydrogen) atoms. The molecule has 0 saturated carbocycles. The van der Waals surface area contributed by atoms with Crippen molar-refractivity contribution in [3.05, 3.63) is 0 Å². The molecule has 0 aromatic heterocycles. The van der Waals surface area contributed by atoms with Crippen LogP contribution in [0.4, 0.5) is 4.79 Å². The van der Waals surface area contributed by atoms with E-state index in [1.165, 1.54) is 4.90 Å². The number of nitrogens with two attached hydrogens (primary N) is 1. The summed E-state index contributed by atoms with van der Waals surface area (Å²) in [6.45, 7) is 3.45. The van der Waals surface area contributed by atoms with Crippen molar-refractivity contribution in [2.24, 2.45) is 11.7 Å². The normalized spacial score (nSPS) is 11.9. The fraction of sp³-hybridized carbons (Fsp3) is 0.778. The summed E-state index contributed by atoms with van der Waals surface area (Å²) >= 11 is 0. The highest BCUT2D eigenvalue weighted by Gasteiger charge is 2.07. The third-order valence-corrected chi connectivity index (χ3v) is 1.92. The Hall–Kier alpha value is -1.30. The van der Waals surface area contributed by atoms with Crippen LogP contribution >= 0.6 is 0 Å². The van der Waals surface area contributed by atoms with Crippen LogP contribution in [0.2, 0.25) is 0 Å². The molecule has 0 aliphatic rings. The van der Waals surface area contributed by atoms with E-state index in [0.717, 1.165) is 0 Å². The van der Waals surface area contributed by atoms with Gasteiger partial charge in [0.2, 0.25) is 5.91 Å². The molecule has 0 heterocycles. The van der Waals surface area contributed by atoms with Gasteiger partial charge in [-0.05, 0) is 0 Å². The molecule has 0 saturated heterocycles. The lowest BCUT2D eigenvalue weighted by atomic mass is 10.2. The van der Waals surface area contributed by atoms with E-state index in [4.69, 9.17) is 5.73 Å². The topological polar surface area (TPSA) is 87.5 Å². The first-order chi connectivity index (χ1) is 6.95. The van der Waals surface area contributed by atoms with Crippen LogP contribution in [0, 0.1) is 5.92 Å². The van der Waals surface area contributed by atoms with Crippen molar-refractivity contribution in [3.63, 3.8) is 0 Å². The molecule has 0 spiro atoms. The molecule has 0 radical (unpaired) electrons. The lowest BCUT2D eigenvalue weighted by Crippen LogP contribution is -2.40. The number of carbonyl (C=O) groups is 2. The van der Waals surface area contributed by atoms with Crippen LogP contribution in [0.5, 0.6) is 0 Å². The van der Waals surface area contributed by atoms with E-state index < -0.39 is 0 Å². The Kier molecular flexibility index (Phi) is 6.44. The van der Waals surface area contributed by atoms with E-state index in [1.54, 1.807) is 21.0 Å². The van der Waals surface area contributed by atoms with Crippen molar-refractivity contribution < 1.29 is 9.59 Å². The van der Waals surface area contributed by atoms with Gasteiger partial charge in [0, 0.05) is 39.6 Å². The van der Waals surface area contributed by atoms with Crippen molar-refractivity contribution in [1.82, 2.24) is 15.5 Å². The van der Waals surface area contributed by atoms with Gasteiger partial charge >= 0.3 is 6.03 Å². The molecule has 3 amide bonds. The first-order valence-corrected chi connectivity index (χ1v) is 4.90. The zero-order valence-corrected chi connectivity index (χ0v) is 9.54. The van der Waals surface area contributed by atoms with E-state index in [9.17, 15) is 9.59 Å². The van der Waals surface area contributed by atoms with Crippen LogP contribution in [0.25, 0.3) is 0 Å². The third-order valence-electron chi connectivity index (χ3n) is 1.92. The number of rotatable bonds is 6. The highest BCUT2D eigenvalue weighted by atomic mass is 16.2. The Bertz CT molecular complexity index is 218. The summed E-state index contributed by atoms with van der Waals surface area (Å²) in [6, 6.07) is -0.125. The molecule has 6 heteroatoms. The summed E-state index contributed by atoms with van der Waals surface area (Å²) in [5.74, 6) is -0.505. The number of carbonyl (C=O) groups excluding carboxylic acids is 2. The largest absolute Gasteiger partial charge is 0.369 e. The van der Waals surface area contributed by atoms with E-state index in [2.05, 4.69) is 10.6 Å². The number of amides is 3. The quantitative estimate of drug-likeness (QED) is 0.496. The van der Waals surface area contributed by atoms with Crippen LogP contribution in [-0.4, -0.2) is 50.6 Å². The van der Waals surface area contributed by atoms with Crippen molar-refractivity contribution in [2.45, 2.75) is 6.92 Å². The molecular formula is C9H20N4O2. The average molecular weight is 216 g/mol. The highest BCUT2D eigenvalue weighted by Crippen LogP contribution is 1.88. The van der Waals surface area contributed by atoms with Gasteiger partial charge in [-0.1, -0.05) is 6.92 Å². The molecule has 0 aromatic rings. The van der Waals surface area contributed by atoms with Crippen LogP contribution < -0.4 is 16.4 Å². The number of nitrogens with zero attached hydrogens (tertiary/aromatic N) is 1. The molecule has 1 atom stereocenters. The summed E-state index contributed by atoms with van der Waals surface area (Å²) in [5.41, 5.74) is 5.08. The number of primary amides is 1. The SMILES string of the molecule is CC(CNCCNC(=O)N(C)C)C(N)=O. The summed E-state index contributed by atoms with van der Waals surface area (Å²) in [5, 5.41) is 5.72. The van der Waals surface area contributed by atoms with Crippen LogP contribution in [-0.2, 0) is 4.79 Å². The van der Waals surface area contributed by atoms with Gasteiger partial charge in [0.1, 0.15) is 0 Å². The smallest absolute Gasteiger partial charge is 0.316 e. The molecule has 6 nitrogen and oxygen atoms in total. The Morgan fingerprint density at radius 2 is 1.93 bits per heavy atom. The van der Waals surface area contributed by atoms with Crippen molar-refractivity contribution in [1.29, 1.82) is 0 Å². The molecule has 88 valence electrons. The summed E-state index contributed by atoms with van der Waals surface area (Å²) < 4.78 is 0. The second-order valence-electron chi connectivity index (χ2n) is 3.63. The van der Waals surface area contributed by atoms with Crippen molar-refractivity contribution in [2.75, 3.05) is 33.7 Å². The third kappa shape index (κ3) is 6.73. The monoisotopic (exact) mass is 216 g/mol. The second kappa shape index (κ2) is 7.05. The van der Waals surface area contributed by atoms with Crippen LogP contribution in [0.15, 0.2) is 0 Å². The van der Waals surface area contributed by atoms with Gasteiger partial charge in [-0.3, -0.25) is 4.79 Å². The standard InChI is InChI=1S/C9H20N4O2/c1-7(8(10)14)6-11-4-5-12-9(15)13(2)3/h7,11H,4-6H2,1-3H3,(H2,10,14)(H,12,15). The molecule has 0 aromatic carbocycles. The first kappa shape index (κ1) is 13.7. The average Bonchev–Trinajstić information content (AvgIpc) is 2.16. The Morgan fingerprint density at radius 3 is 2.40 bits per heavy atom. The number of hydrogen-bond acceptors (Lipinski definition) is 3. The minimum absolute atomic E-state index is 0.125. The molecular weight excluding hydrogens is 196 g/mol. The minimum Gasteiger partial charge on any atom is -0.369 e. The van der Waals surface area contributed by atoms with Gasteiger partial charge in [-0.25, -0.2) is 4.79 Å². The maximum Gasteiger partial charge on any atom is 0.316 e. The van der Waals surface area contributed by atoms with E-state index in [0.29, 0.717) is 19.6 Å². The predicted octanol–water partition coefficient (Wildman–Crippen LogP) is -1.03. The van der Waals surface area contributed by atoms with Crippen molar-refractivity contribution in [3.8, 4) is 0 Å². The lowest BCUT2D eigenvalue weighted by molar-refractivity contribution is -0.121. The predicted molar refractivity (Wildman–Crippen MR) is 58.3 cm³/mol. The van der Waals surface area contributed by atoms with Gasteiger partial charge in [0.25, 0.3) is 0 Å². The van der Waals surface area contributed by atoms with E-state index in [1.807, 2.05) is 0 Å². The highest BCUT2D eigenvalue weighted by molar-refractivity contribution is 5.76. The fourth-order valence-corrected chi connectivity index (χ4v) is 0.835. The van der Waals surface area contributed by atoms with Gasteiger partial charge in [0.15, 0.2) is 0 Å². The number of hydrogen-bond donors (Lipinski definition) is 3. The van der Waals surface area contributed by atoms with E-state index >= 15 is 0 Å². The number of urea groups is 1. The van der Waals surface area contributed by atoms with Gasteiger partial charge < -0.3 is 21.3 Å². The molecule has 0 aliphatic carbocycles. The Morgan fingerprint density at radius 1 is 1.33 bits per heavy atom. The fourth-order valence-electron chi connectivity index (χ4n) is 0.835. The lowest BCUT2D eigenvalue weighted by Gasteiger charge is -2.13. The van der Waals surface area contributed by atoms with Gasteiger partial charge in [-0.2, -0.15) is 0 Å². The van der Waals surface area contributed by atoms with Crippen molar-refractivity contribution >= 4 is 11.9 Å². The summed E-state index contributed by atoms with van der Waals surface area (Å²) in [4.78, 5) is 23.2. The van der Waals surface area contributed by atoms with Gasteiger partial charge in [0.05, 0.1) is 0 Å². The van der Waals surface area contributed by atoms with Crippen LogP contribution in [0.3, 0.4) is 0 Å². The van der Waals surface area contributed by atoms with Crippen LogP contribution in [0.1, 0.15) is 6.92 Å². The molecule has 0 aliphatic heterocycles. The first-order valence-electron chi connectivity index (χ1n) is 4.90. The van der Waals surface area contributed by atoms with Gasteiger partial charge in [-0.15, -0.1) is 0 Å². The number of nitrogens with one attached hydrogen (secondary N) is 2. The Labute approximate surface area is 90.2 Å². The summed E-state index contributed by atoms with van der Waals surface area (Å²) in [7, 11) is 3.36. The second-order valence-corrected chi connectivity index (χ2v) is 3.63. The molecule has 0 rings (SSSR count). The molecule has 4 N–H and O–H groups in total. The zero-order chi connectivity index (χ0) is 11.8. The summed E-state index contributed by atoms with van der Waals surface area (Å²) in [6.07, 6.45) is 0.